The predicted octanol–water partition coefficient (Wildman–Crippen LogP) is 2.04. The van der Waals surface area contributed by atoms with E-state index in [1.54, 1.807) is 7.11 Å². The lowest BCUT2D eigenvalue weighted by Crippen LogP contribution is -2.28. The Kier molecular flexibility index (Phi) is 2.42. The summed E-state index contributed by atoms with van der Waals surface area (Å²) in [5.41, 5.74) is 1.85. The molecule has 0 spiro atoms. The predicted molar refractivity (Wildman–Crippen MR) is 53.1 cm³/mol. The van der Waals surface area contributed by atoms with Crippen LogP contribution in [-0.4, -0.2) is 13.7 Å². The third kappa shape index (κ3) is 1.48. The monoisotopic (exact) mass is 195 g/mol. The zero-order valence-electron chi connectivity index (χ0n) is 8.43. The second-order valence-corrected chi connectivity index (χ2v) is 3.60. The van der Waals surface area contributed by atoms with Gasteiger partial charge in [0.25, 0.3) is 0 Å². The van der Waals surface area contributed by atoms with E-state index in [4.69, 9.17) is 4.74 Å². The molecule has 76 valence electrons. The lowest BCUT2D eigenvalue weighted by atomic mass is 9.94. The highest BCUT2D eigenvalue weighted by molar-refractivity contribution is 5.40. The summed E-state index contributed by atoms with van der Waals surface area (Å²) in [5, 5.41) is 3.29. The first kappa shape index (κ1) is 9.46. The summed E-state index contributed by atoms with van der Waals surface area (Å²) in [6.45, 7) is 2.88. The van der Waals surface area contributed by atoms with Crippen LogP contribution in [0.3, 0.4) is 0 Å². The Bertz CT molecular complexity index is 351. The Morgan fingerprint density at radius 1 is 1.50 bits per heavy atom. The van der Waals surface area contributed by atoms with Gasteiger partial charge in [0.1, 0.15) is 11.6 Å². The minimum Gasteiger partial charge on any atom is -0.497 e. The third-order valence-electron chi connectivity index (χ3n) is 2.73. The zero-order chi connectivity index (χ0) is 10.1. The summed E-state index contributed by atoms with van der Waals surface area (Å²) in [6, 6.07) is 3.58. The molecular weight excluding hydrogens is 181 g/mol. The van der Waals surface area contributed by atoms with Crippen LogP contribution in [0.4, 0.5) is 4.39 Å². The summed E-state index contributed by atoms with van der Waals surface area (Å²) in [6.07, 6.45) is 0.759. The van der Waals surface area contributed by atoms with E-state index in [0.29, 0.717) is 5.75 Å². The van der Waals surface area contributed by atoms with Crippen molar-refractivity contribution in [2.45, 2.75) is 19.4 Å². The number of fused-ring (bicyclic) bond motifs is 1. The quantitative estimate of drug-likeness (QED) is 0.740. The second kappa shape index (κ2) is 3.58. The van der Waals surface area contributed by atoms with Crippen LogP contribution in [0.25, 0.3) is 0 Å². The molecule has 0 bridgehead atoms. The van der Waals surface area contributed by atoms with E-state index in [1.807, 2.05) is 13.0 Å². The van der Waals surface area contributed by atoms with Crippen molar-refractivity contribution in [2.24, 2.45) is 0 Å². The number of rotatable bonds is 1. The molecule has 14 heavy (non-hydrogen) atoms. The van der Waals surface area contributed by atoms with E-state index >= 15 is 0 Å². The standard InChI is InChI=1S/C11H14FNO/c1-7-10-5-8(14-2)6-11(12)9(10)3-4-13-7/h5-7,13H,3-4H2,1-2H3. The summed E-state index contributed by atoms with van der Waals surface area (Å²) in [7, 11) is 1.56. The Morgan fingerprint density at radius 2 is 2.29 bits per heavy atom. The first-order chi connectivity index (χ1) is 6.72. The fraction of sp³-hybridized carbons (Fsp3) is 0.455. The lowest BCUT2D eigenvalue weighted by Gasteiger charge is -2.24. The summed E-state index contributed by atoms with van der Waals surface area (Å²) in [4.78, 5) is 0. The topological polar surface area (TPSA) is 21.3 Å². The van der Waals surface area contributed by atoms with Crippen LogP contribution in [0.1, 0.15) is 24.1 Å². The number of hydrogen-bond acceptors (Lipinski definition) is 2. The molecule has 1 unspecified atom stereocenters. The Labute approximate surface area is 83.1 Å². The highest BCUT2D eigenvalue weighted by atomic mass is 19.1. The molecule has 0 aliphatic carbocycles. The van der Waals surface area contributed by atoms with Gasteiger partial charge in [-0.25, -0.2) is 4.39 Å². The fourth-order valence-electron chi connectivity index (χ4n) is 1.92. The summed E-state index contributed by atoms with van der Waals surface area (Å²) < 4.78 is 18.6. The van der Waals surface area contributed by atoms with Gasteiger partial charge in [-0.15, -0.1) is 0 Å². The number of ether oxygens (including phenoxy) is 1. The number of halogens is 1. The van der Waals surface area contributed by atoms with E-state index in [2.05, 4.69) is 5.32 Å². The minimum absolute atomic E-state index is 0.146. The van der Waals surface area contributed by atoms with E-state index < -0.39 is 0 Å². The minimum atomic E-state index is -0.146. The SMILES string of the molecule is COc1cc(F)c2c(c1)C(C)NCC2. The van der Waals surface area contributed by atoms with Gasteiger partial charge in [0.15, 0.2) is 0 Å². The Morgan fingerprint density at radius 3 is 3.00 bits per heavy atom. The van der Waals surface area contributed by atoms with Crippen molar-refractivity contribution in [1.82, 2.24) is 5.32 Å². The third-order valence-corrected chi connectivity index (χ3v) is 2.73. The van der Waals surface area contributed by atoms with Gasteiger partial charge in [0, 0.05) is 12.1 Å². The van der Waals surface area contributed by atoms with Gasteiger partial charge in [-0.05, 0) is 37.1 Å². The molecule has 0 fully saturated rings. The molecular formula is C11H14FNO. The lowest BCUT2D eigenvalue weighted by molar-refractivity contribution is 0.406. The van der Waals surface area contributed by atoms with E-state index in [9.17, 15) is 4.39 Å². The molecule has 0 saturated heterocycles. The first-order valence-corrected chi connectivity index (χ1v) is 4.82. The molecule has 2 nitrogen and oxygen atoms in total. The molecule has 0 radical (unpaired) electrons. The number of nitrogens with one attached hydrogen (secondary N) is 1. The number of hydrogen-bond donors (Lipinski definition) is 1. The van der Waals surface area contributed by atoms with Crippen LogP contribution in [0.5, 0.6) is 5.75 Å². The van der Waals surface area contributed by atoms with Crippen LogP contribution in [0.15, 0.2) is 12.1 Å². The van der Waals surface area contributed by atoms with Gasteiger partial charge in [-0.3, -0.25) is 0 Å². The van der Waals surface area contributed by atoms with Crippen molar-refractivity contribution >= 4 is 0 Å². The maximum Gasteiger partial charge on any atom is 0.130 e. The van der Waals surface area contributed by atoms with Gasteiger partial charge in [0.2, 0.25) is 0 Å². The van der Waals surface area contributed by atoms with Crippen molar-refractivity contribution in [3.63, 3.8) is 0 Å². The first-order valence-electron chi connectivity index (χ1n) is 4.82. The van der Waals surface area contributed by atoms with Crippen molar-refractivity contribution in [3.05, 3.63) is 29.1 Å². The molecule has 1 N–H and O–H groups in total. The van der Waals surface area contributed by atoms with Gasteiger partial charge in [-0.1, -0.05) is 0 Å². The van der Waals surface area contributed by atoms with Crippen LogP contribution in [-0.2, 0) is 6.42 Å². The van der Waals surface area contributed by atoms with Crippen molar-refractivity contribution < 1.29 is 9.13 Å². The largest absolute Gasteiger partial charge is 0.497 e. The normalized spacial score (nSPS) is 20.4. The number of benzene rings is 1. The van der Waals surface area contributed by atoms with Crippen molar-refractivity contribution in [3.8, 4) is 5.75 Å². The molecule has 3 heteroatoms. The molecule has 1 aliphatic heterocycles. The van der Waals surface area contributed by atoms with E-state index in [0.717, 1.165) is 24.1 Å². The molecule has 0 saturated carbocycles. The van der Waals surface area contributed by atoms with Gasteiger partial charge in [0.05, 0.1) is 7.11 Å². The van der Waals surface area contributed by atoms with Crippen LogP contribution < -0.4 is 10.1 Å². The zero-order valence-corrected chi connectivity index (χ0v) is 8.43. The van der Waals surface area contributed by atoms with E-state index in [-0.39, 0.29) is 11.9 Å². The van der Waals surface area contributed by atoms with Gasteiger partial charge >= 0.3 is 0 Å². The average Bonchev–Trinajstić information content (AvgIpc) is 2.19. The average molecular weight is 195 g/mol. The maximum absolute atomic E-state index is 13.6. The number of methoxy groups -OCH3 is 1. The Hall–Kier alpha value is -1.09. The molecule has 1 aliphatic rings. The highest BCUT2D eigenvalue weighted by Gasteiger charge is 2.19. The molecule has 2 rings (SSSR count). The van der Waals surface area contributed by atoms with Crippen molar-refractivity contribution in [1.29, 1.82) is 0 Å². The van der Waals surface area contributed by atoms with Crippen LogP contribution in [0.2, 0.25) is 0 Å². The fourth-order valence-corrected chi connectivity index (χ4v) is 1.92. The highest BCUT2D eigenvalue weighted by Crippen LogP contribution is 2.29. The van der Waals surface area contributed by atoms with E-state index in [1.165, 1.54) is 6.07 Å². The molecule has 1 aromatic carbocycles. The molecule has 1 heterocycles. The molecule has 0 aromatic heterocycles. The second-order valence-electron chi connectivity index (χ2n) is 3.60. The van der Waals surface area contributed by atoms with Crippen LogP contribution >= 0.6 is 0 Å². The maximum atomic E-state index is 13.6. The van der Waals surface area contributed by atoms with Gasteiger partial charge < -0.3 is 10.1 Å². The molecule has 0 amide bonds. The summed E-state index contributed by atoms with van der Waals surface area (Å²) in [5.74, 6) is 0.449. The molecule has 1 atom stereocenters. The van der Waals surface area contributed by atoms with Gasteiger partial charge in [-0.2, -0.15) is 0 Å². The smallest absolute Gasteiger partial charge is 0.130 e. The Balaban J connectivity index is 2.51. The van der Waals surface area contributed by atoms with Crippen LogP contribution in [0, 0.1) is 5.82 Å². The molecule has 1 aromatic rings. The van der Waals surface area contributed by atoms with Crippen molar-refractivity contribution in [2.75, 3.05) is 13.7 Å². The summed E-state index contributed by atoms with van der Waals surface area (Å²) >= 11 is 0.